The summed E-state index contributed by atoms with van der Waals surface area (Å²) in [6.07, 6.45) is 1.30. The molecule has 1 aliphatic heterocycles. The van der Waals surface area contributed by atoms with Crippen LogP contribution in [0.5, 0.6) is 0 Å². The van der Waals surface area contributed by atoms with E-state index in [4.69, 9.17) is 4.74 Å². The maximum atomic E-state index is 5.21. The molecule has 3 nitrogen and oxygen atoms in total. The second-order valence-electron chi connectivity index (χ2n) is 5.54. The molecule has 0 bridgehead atoms. The second-order valence-corrected chi connectivity index (χ2v) is 5.54. The van der Waals surface area contributed by atoms with E-state index in [1.54, 1.807) is 7.11 Å². The molecule has 0 amide bonds. The summed E-state index contributed by atoms with van der Waals surface area (Å²) >= 11 is 0. The summed E-state index contributed by atoms with van der Waals surface area (Å²) in [5.74, 6) is 0.750. The van der Waals surface area contributed by atoms with Crippen molar-refractivity contribution in [1.82, 2.24) is 10.2 Å². The predicted molar refractivity (Wildman–Crippen MR) is 64.1 cm³/mol. The molecule has 1 saturated heterocycles. The molecule has 3 heteroatoms. The fraction of sp³-hybridized carbons (Fsp3) is 1.00. The molecule has 0 saturated carbocycles. The van der Waals surface area contributed by atoms with Crippen LogP contribution in [0, 0.1) is 11.3 Å². The van der Waals surface area contributed by atoms with Gasteiger partial charge in [0.05, 0.1) is 6.61 Å². The Morgan fingerprint density at radius 1 is 1.47 bits per heavy atom. The lowest BCUT2D eigenvalue weighted by atomic mass is 9.93. The van der Waals surface area contributed by atoms with Crippen molar-refractivity contribution in [1.29, 1.82) is 0 Å². The van der Waals surface area contributed by atoms with Crippen LogP contribution in [0.25, 0.3) is 0 Å². The smallest absolute Gasteiger partial charge is 0.0503 e. The zero-order valence-electron chi connectivity index (χ0n) is 10.7. The standard InChI is InChI=1S/C12H26N2O/c1-12(2,9-13-3)10-14-6-5-11(7-14)8-15-4/h11,13H,5-10H2,1-4H3. The highest BCUT2D eigenvalue weighted by Crippen LogP contribution is 2.22. The zero-order chi connectivity index (χ0) is 11.3. The Bertz CT molecular complexity index is 182. The molecular formula is C12H26N2O. The van der Waals surface area contributed by atoms with Crippen molar-refractivity contribution >= 4 is 0 Å². The fourth-order valence-corrected chi connectivity index (χ4v) is 2.57. The minimum Gasteiger partial charge on any atom is -0.384 e. The molecule has 1 heterocycles. The third-order valence-electron chi connectivity index (χ3n) is 3.08. The van der Waals surface area contributed by atoms with E-state index in [0.717, 1.165) is 19.1 Å². The van der Waals surface area contributed by atoms with Crippen LogP contribution in [0.2, 0.25) is 0 Å². The minimum absolute atomic E-state index is 0.372. The summed E-state index contributed by atoms with van der Waals surface area (Å²) < 4.78 is 5.21. The summed E-state index contributed by atoms with van der Waals surface area (Å²) in [4.78, 5) is 2.57. The maximum Gasteiger partial charge on any atom is 0.0503 e. The van der Waals surface area contributed by atoms with Gasteiger partial charge in [-0.05, 0) is 31.3 Å². The highest BCUT2D eigenvalue weighted by molar-refractivity contribution is 4.81. The van der Waals surface area contributed by atoms with Gasteiger partial charge in [0.1, 0.15) is 0 Å². The summed E-state index contributed by atoms with van der Waals surface area (Å²) in [6.45, 7) is 10.3. The van der Waals surface area contributed by atoms with Gasteiger partial charge in [-0.3, -0.25) is 0 Å². The van der Waals surface area contributed by atoms with E-state index in [1.807, 2.05) is 7.05 Å². The quantitative estimate of drug-likeness (QED) is 0.719. The molecule has 1 aliphatic rings. The van der Waals surface area contributed by atoms with Crippen LogP contribution in [0.15, 0.2) is 0 Å². The van der Waals surface area contributed by atoms with Gasteiger partial charge in [0, 0.05) is 26.7 Å². The SMILES string of the molecule is CNCC(C)(C)CN1CCC(COC)C1. The highest BCUT2D eigenvalue weighted by atomic mass is 16.5. The summed E-state index contributed by atoms with van der Waals surface area (Å²) in [7, 11) is 3.83. The Morgan fingerprint density at radius 2 is 2.20 bits per heavy atom. The van der Waals surface area contributed by atoms with Gasteiger partial charge >= 0.3 is 0 Å². The van der Waals surface area contributed by atoms with E-state index in [0.29, 0.717) is 5.41 Å². The molecule has 1 fully saturated rings. The molecule has 0 aromatic heterocycles. The van der Waals surface area contributed by atoms with Crippen LogP contribution in [-0.4, -0.2) is 51.8 Å². The summed E-state index contributed by atoms with van der Waals surface area (Å²) in [5, 5.41) is 3.27. The number of hydrogen-bond donors (Lipinski definition) is 1. The van der Waals surface area contributed by atoms with Crippen LogP contribution < -0.4 is 5.32 Å². The van der Waals surface area contributed by atoms with Crippen molar-refractivity contribution in [2.24, 2.45) is 11.3 Å². The lowest BCUT2D eigenvalue weighted by Gasteiger charge is -2.30. The van der Waals surface area contributed by atoms with Gasteiger partial charge in [-0.25, -0.2) is 0 Å². The van der Waals surface area contributed by atoms with E-state index in [-0.39, 0.29) is 0 Å². The largest absolute Gasteiger partial charge is 0.384 e. The van der Waals surface area contributed by atoms with E-state index >= 15 is 0 Å². The number of nitrogens with zero attached hydrogens (tertiary/aromatic N) is 1. The van der Waals surface area contributed by atoms with E-state index in [1.165, 1.54) is 26.1 Å². The van der Waals surface area contributed by atoms with Gasteiger partial charge in [-0.15, -0.1) is 0 Å². The fourth-order valence-electron chi connectivity index (χ4n) is 2.57. The molecule has 0 aromatic rings. The van der Waals surface area contributed by atoms with Crippen molar-refractivity contribution in [3.63, 3.8) is 0 Å². The molecule has 1 atom stereocenters. The Balaban J connectivity index is 2.28. The molecule has 15 heavy (non-hydrogen) atoms. The first-order valence-electron chi connectivity index (χ1n) is 5.93. The molecule has 90 valence electrons. The normalized spacial score (nSPS) is 23.6. The molecule has 0 radical (unpaired) electrons. The van der Waals surface area contributed by atoms with Crippen LogP contribution in [0.1, 0.15) is 20.3 Å². The average molecular weight is 214 g/mol. The Morgan fingerprint density at radius 3 is 2.80 bits per heavy atom. The molecule has 0 aliphatic carbocycles. The third-order valence-corrected chi connectivity index (χ3v) is 3.08. The topological polar surface area (TPSA) is 24.5 Å². The molecule has 1 unspecified atom stereocenters. The van der Waals surface area contributed by atoms with Gasteiger partial charge in [0.25, 0.3) is 0 Å². The second kappa shape index (κ2) is 5.83. The van der Waals surface area contributed by atoms with Crippen molar-refractivity contribution in [3.8, 4) is 0 Å². The lowest BCUT2D eigenvalue weighted by Crippen LogP contribution is -2.38. The van der Waals surface area contributed by atoms with Gasteiger partial charge in [0.15, 0.2) is 0 Å². The number of nitrogens with one attached hydrogen (secondary N) is 1. The Hall–Kier alpha value is -0.120. The Labute approximate surface area is 94.2 Å². The predicted octanol–water partition coefficient (Wildman–Crippen LogP) is 1.20. The minimum atomic E-state index is 0.372. The number of hydrogen-bond acceptors (Lipinski definition) is 3. The number of likely N-dealkylation sites (tertiary alicyclic amines) is 1. The Kier molecular flexibility index (Phi) is 5.03. The van der Waals surface area contributed by atoms with Crippen molar-refractivity contribution < 1.29 is 4.74 Å². The van der Waals surface area contributed by atoms with E-state index in [2.05, 4.69) is 24.1 Å². The van der Waals surface area contributed by atoms with Crippen molar-refractivity contribution in [2.75, 3.05) is 46.9 Å². The average Bonchev–Trinajstić information content (AvgIpc) is 2.52. The van der Waals surface area contributed by atoms with Crippen molar-refractivity contribution in [3.05, 3.63) is 0 Å². The van der Waals surface area contributed by atoms with Crippen molar-refractivity contribution in [2.45, 2.75) is 20.3 Å². The van der Waals surface area contributed by atoms with Crippen LogP contribution in [-0.2, 0) is 4.74 Å². The van der Waals surface area contributed by atoms with Gasteiger partial charge in [-0.1, -0.05) is 13.8 Å². The number of methoxy groups -OCH3 is 1. The van der Waals surface area contributed by atoms with Crippen LogP contribution in [0.4, 0.5) is 0 Å². The first kappa shape index (κ1) is 12.9. The first-order chi connectivity index (χ1) is 7.07. The maximum absolute atomic E-state index is 5.21. The van der Waals surface area contributed by atoms with Gasteiger partial charge in [0.2, 0.25) is 0 Å². The van der Waals surface area contributed by atoms with Gasteiger partial charge in [-0.2, -0.15) is 0 Å². The van der Waals surface area contributed by atoms with Crippen LogP contribution in [0.3, 0.4) is 0 Å². The molecule has 1 N–H and O–H groups in total. The molecule has 1 rings (SSSR count). The number of rotatable bonds is 6. The summed E-state index contributed by atoms with van der Waals surface area (Å²) in [6, 6.07) is 0. The zero-order valence-corrected chi connectivity index (χ0v) is 10.7. The van der Waals surface area contributed by atoms with E-state index < -0.39 is 0 Å². The first-order valence-corrected chi connectivity index (χ1v) is 5.93. The van der Waals surface area contributed by atoms with Crippen LogP contribution >= 0.6 is 0 Å². The third kappa shape index (κ3) is 4.49. The monoisotopic (exact) mass is 214 g/mol. The molecule has 0 spiro atoms. The molecular weight excluding hydrogens is 188 g/mol. The van der Waals surface area contributed by atoms with E-state index in [9.17, 15) is 0 Å². The van der Waals surface area contributed by atoms with Gasteiger partial charge < -0.3 is 15.0 Å². The number of ether oxygens (including phenoxy) is 1. The highest BCUT2D eigenvalue weighted by Gasteiger charge is 2.27. The summed E-state index contributed by atoms with van der Waals surface area (Å²) in [5.41, 5.74) is 0.372. The lowest BCUT2D eigenvalue weighted by molar-refractivity contribution is 0.145. The molecule has 0 aromatic carbocycles.